The molecule has 0 heterocycles. The molecular formula is C20H26N4O2S. The lowest BCUT2D eigenvalue weighted by atomic mass is 10.1. The average Bonchev–Trinajstić information content (AvgIpc) is 3.08. The first-order valence-electron chi connectivity index (χ1n) is 9.11. The van der Waals surface area contributed by atoms with Gasteiger partial charge in [0.25, 0.3) is 0 Å². The van der Waals surface area contributed by atoms with E-state index in [2.05, 4.69) is 27.2 Å². The summed E-state index contributed by atoms with van der Waals surface area (Å²) in [6.07, 6.45) is 3.44. The van der Waals surface area contributed by atoms with E-state index in [-0.39, 0.29) is 19.0 Å². The van der Waals surface area contributed by atoms with Crippen LogP contribution >= 0.6 is 0 Å². The zero-order chi connectivity index (χ0) is 19.4. The molecule has 0 spiro atoms. The molecule has 0 amide bonds. The van der Waals surface area contributed by atoms with Crippen molar-refractivity contribution in [2.45, 2.75) is 38.0 Å². The van der Waals surface area contributed by atoms with Gasteiger partial charge in [0.05, 0.1) is 11.4 Å². The van der Waals surface area contributed by atoms with Gasteiger partial charge in [0, 0.05) is 12.2 Å². The predicted molar refractivity (Wildman–Crippen MR) is 110 cm³/mol. The number of nitrogens with one attached hydrogen (secondary N) is 2. The molecule has 0 unspecified atom stereocenters. The summed E-state index contributed by atoms with van der Waals surface area (Å²) in [6.45, 7) is 4.09. The van der Waals surface area contributed by atoms with E-state index in [1.54, 1.807) is 19.1 Å². The van der Waals surface area contributed by atoms with Crippen molar-refractivity contribution in [3.63, 3.8) is 0 Å². The fourth-order valence-electron chi connectivity index (χ4n) is 3.27. The molecule has 1 aliphatic carbocycles. The Bertz CT molecular complexity index is 968. The molecule has 0 aromatic heterocycles. The maximum atomic E-state index is 12.4. The number of aliphatic imine (C=N–C) groups is 1. The number of nitrogens with two attached hydrogens (primary N) is 1. The first kappa shape index (κ1) is 19.4. The second-order valence-corrected chi connectivity index (χ2v) is 8.63. The van der Waals surface area contributed by atoms with Gasteiger partial charge in [-0.25, -0.2) is 13.1 Å². The minimum atomic E-state index is -3.56. The fourth-order valence-corrected chi connectivity index (χ4v) is 4.62. The molecule has 0 bridgehead atoms. The lowest BCUT2D eigenvalue weighted by Gasteiger charge is -2.10. The van der Waals surface area contributed by atoms with Crippen molar-refractivity contribution in [1.29, 1.82) is 0 Å². The number of hydrogen-bond donors (Lipinski definition) is 3. The normalized spacial score (nSPS) is 14.2. The van der Waals surface area contributed by atoms with Crippen LogP contribution in [0.1, 0.15) is 28.7 Å². The molecule has 0 aliphatic heterocycles. The van der Waals surface area contributed by atoms with Crippen molar-refractivity contribution in [3.05, 3.63) is 58.7 Å². The monoisotopic (exact) mass is 386 g/mol. The average molecular weight is 387 g/mol. The van der Waals surface area contributed by atoms with Crippen molar-refractivity contribution >= 4 is 21.7 Å². The summed E-state index contributed by atoms with van der Waals surface area (Å²) in [6, 6.07) is 11.6. The van der Waals surface area contributed by atoms with Crippen molar-refractivity contribution in [2.75, 3.05) is 18.4 Å². The van der Waals surface area contributed by atoms with E-state index in [4.69, 9.17) is 5.73 Å². The molecule has 144 valence electrons. The molecule has 0 fully saturated rings. The number of guanidine groups is 1. The number of benzene rings is 2. The third-order valence-corrected chi connectivity index (χ3v) is 6.29. The van der Waals surface area contributed by atoms with E-state index in [9.17, 15) is 8.42 Å². The maximum Gasteiger partial charge on any atom is 0.240 e. The van der Waals surface area contributed by atoms with Crippen LogP contribution in [-0.4, -0.2) is 27.5 Å². The van der Waals surface area contributed by atoms with Crippen molar-refractivity contribution in [1.82, 2.24) is 4.72 Å². The van der Waals surface area contributed by atoms with Crippen LogP contribution in [0.3, 0.4) is 0 Å². The highest BCUT2D eigenvalue weighted by Gasteiger charge is 2.16. The second-order valence-electron chi connectivity index (χ2n) is 6.90. The van der Waals surface area contributed by atoms with Gasteiger partial charge in [-0.2, -0.15) is 0 Å². The second kappa shape index (κ2) is 8.10. The topological polar surface area (TPSA) is 96.6 Å². The summed E-state index contributed by atoms with van der Waals surface area (Å²) in [5, 5.41) is 3.07. The van der Waals surface area contributed by atoms with Crippen LogP contribution in [0.5, 0.6) is 0 Å². The summed E-state index contributed by atoms with van der Waals surface area (Å²) in [4.78, 5) is 4.51. The summed E-state index contributed by atoms with van der Waals surface area (Å²) in [5.74, 6) is 0.277. The smallest absolute Gasteiger partial charge is 0.240 e. The van der Waals surface area contributed by atoms with E-state index in [1.807, 2.05) is 19.1 Å². The number of nitrogens with zero attached hydrogens (tertiary/aromatic N) is 1. The SMILES string of the molecule is Cc1ccc(C)c(S(=O)(=O)NCCN=C(N)Nc2ccc3c(c2)CCC3)c1. The van der Waals surface area contributed by atoms with Crippen LogP contribution in [0.15, 0.2) is 46.3 Å². The van der Waals surface area contributed by atoms with Crippen LogP contribution in [0.4, 0.5) is 5.69 Å². The van der Waals surface area contributed by atoms with Gasteiger partial charge >= 0.3 is 0 Å². The van der Waals surface area contributed by atoms with Crippen molar-refractivity contribution in [2.24, 2.45) is 10.7 Å². The molecule has 7 heteroatoms. The minimum Gasteiger partial charge on any atom is -0.370 e. The molecule has 6 nitrogen and oxygen atoms in total. The number of sulfonamides is 1. The van der Waals surface area contributed by atoms with Gasteiger partial charge in [-0.3, -0.25) is 4.99 Å². The van der Waals surface area contributed by atoms with Gasteiger partial charge in [0.15, 0.2) is 5.96 Å². The number of fused-ring (bicyclic) bond motifs is 1. The zero-order valence-corrected chi connectivity index (χ0v) is 16.6. The van der Waals surface area contributed by atoms with Crippen molar-refractivity contribution in [3.8, 4) is 0 Å². The van der Waals surface area contributed by atoms with Crippen LogP contribution in [0, 0.1) is 13.8 Å². The molecule has 27 heavy (non-hydrogen) atoms. The number of aryl methyl sites for hydroxylation is 4. The quantitative estimate of drug-likeness (QED) is 0.404. The van der Waals surface area contributed by atoms with Gasteiger partial charge in [0.2, 0.25) is 10.0 Å². The maximum absolute atomic E-state index is 12.4. The van der Waals surface area contributed by atoms with Gasteiger partial charge in [0.1, 0.15) is 0 Å². The van der Waals surface area contributed by atoms with E-state index < -0.39 is 10.0 Å². The highest BCUT2D eigenvalue weighted by atomic mass is 32.2. The van der Waals surface area contributed by atoms with Crippen LogP contribution in [0.2, 0.25) is 0 Å². The summed E-state index contributed by atoms with van der Waals surface area (Å²) >= 11 is 0. The van der Waals surface area contributed by atoms with E-state index in [0.717, 1.165) is 29.7 Å². The molecule has 0 saturated heterocycles. The molecule has 1 aliphatic rings. The molecule has 2 aromatic carbocycles. The Balaban J connectivity index is 1.54. The van der Waals surface area contributed by atoms with Crippen LogP contribution in [-0.2, 0) is 22.9 Å². The van der Waals surface area contributed by atoms with E-state index in [0.29, 0.717) is 4.90 Å². The number of anilines is 1. The highest BCUT2D eigenvalue weighted by molar-refractivity contribution is 7.89. The van der Waals surface area contributed by atoms with Crippen molar-refractivity contribution < 1.29 is 8.42 Å². The van der Waals surface area contributed by atoms with E-state index in [1.165, 1.54) is 17.5 Å². The lowest BCUT2D eigenvalue weighted by molar-refractivity contribution is 0.581. The lowest BCUT2D eigenvalue weighted by Crippen LogP contribution is -2.29. The molecule has 4 N–H and O–H groups in total. The summed E-state index contributed by atoms with van der Waals surface area (Å²) in [5.41, 5.74) is 11.2. The standard InChI is InChI=1S/C20H26N4O2S/c1-14-6-7-15(2)19(12-14)27(25,26)23-11-10-22-20(21)24-18-9-8-16-4-3-5-17(16)13-18/h6-9,12-13,23H,3-5,10-11H2,1-2H3,(H3,21,22,24). The third kappa shape index (κ3) is 4.87. The van der Waals surface area contributed by atoms with Crippen LogP contribution < -0.4 is 15.8 Å². The Labute approximate surface area is 160 Å². The highest BCUT2D eigenvalue weighted by Crippen LogP contribution is 2.24. The molecular weight excluding hydrogens is 360 g/mol. The largest absolute Gasteiger partial charge is 0.370 e. The number of hydrogen-bond acceptors (Lipinski definition) is 3. The minimum absolute atomic E-state index is 0.183. The fraction of sp³-hybridized carbons (Fsp3) is 0.350. The zero-order valence-electron chi connectivity index (χ0n) is 15.7. The molecule has 0 radical (unpaired) electrons. The van der Waals surface area contributed by atoms with Gasteiger partial charge in [-0.15, -0.1) is 0 Å². The Hall–Kier alpha value is -2.38. The Morgan fingerprint density at radius 3 is 2.70 bits per heavy atom. The van der Waals surface area contributed by atoms with Crippen LogP contribution in [0.25, 0.3) is 0 Å². The molecule has 2 aromatic rings. The Kier molecular flexibility index (Phi) is 5.82. The third-order valence-electron chi connectivity index (χ3n) is 4.69. The predicted octanol–water partition coefficient (Wildman–Crippen LogP) is 2.50. The van der Waals surface area contributed by atoms with Gasteiger partial charge in [-0.05, 0) is 73.6 Å². The van der Waals surface area contributed by atoms with E-state index >= 15 is 0 Å². The number of rotatable bonds is 6. The first-order valence-corrected chi connectivity index (χ1v) is 10.6. The Morgan fingerprint density at radius 2 is 1.89 bits per heavy atom. The van der Waals surface area contributed by atoms with Gasteiger partial charge < -0.3 is 11.1 Å². The Morgan fingerprint density at radius 1 is 1.11 bits per heavy atom. The first-order chi connectivity index (χ1) is 12.8. The molecule has 0 atom stereocenters. The molecule has 0 saturated carbocycles. The van der Waals surface area contributed by atoms with Gasteiger partial charge in [-0.1, -0.05) is 18.2 Å². The molecule has 3 rings (SSSR count). The summed E-state index contributed by atoms with van der Waals surface area (Å²) < 4.78 is 27.5. The summed E-state index contributed by atoms with van der Waals surface area (Å²) in [7, 11) is -3.56.